The van der Waals surface area contributed by atoms with Crippen LogP contribution in [0.4, 0.5) is 5.69 Å². The van der Waals surface area contributed by atoms with Crippen LogP contribution < -0.4 is 15.2 Å². The Morgan fingerprint density at radius 1 is 1.47 bits per heavy atom. The number of benzene rings is 1. The molecule has 1 rings (SSSR count). The number of carbonyl (C=O) groups excluding carboxylic acids is 1. The second-order valence-electron chi connectivity index (χ2n) is 2.90. The van der Waals surface area contributed by atoms with Gasteiger partial charge in [0.05, 0.1) is 5.69 Å². The fourth-order valence-electron chi connectivity index (χ4n) is 1.02. The first-order valence-electron chi connectivity index (χ1n) is 4.53. The zero-order valence-electron chi connectivity index (χ0n) is 8.86. The van der Waals surface area contributed by atoms with E-state index in [0.29, 0.717) is 5.75 Å². The predicted octanol–water partition coefficient (Wildman–Crippen LogP) is 1.35. The summed E-state index contributed by atoms with van der Waals surface area (Å²) in [5.74, 6) is 0.0536. The fourth-order valence-corrected chi connectivity index (χ4v) is 1.02. The second-order valence-corrected chi connectivity index (χ2v) is 2.90. The summed E-state index contributed by atoms with van der Waals surface area (Å²) < 4.78 is 4.94. The van der Waals surface area contributed by atoms with E-state index in [1.165, 1.54) is 0 Å². The zero-order chi connectivity index (χ0) is 11.3. The van der Waals surface area contributed by atoms with E-state index < -0.39 is 5.97 Å². The number of nitrogens with zero attached hydrogens (tertiary/aromatic N) is 1. The normalized spacial score (nSPS) is 9.47. The standard InChI is InChI=1S/C11H14N2O2/c1-4-11(14)15-10-7-5-9(6-8-10)13(3)12-2/h4-8,12H,1H2,2-3H3. The van der Waals surface area contributed by atoms with E-state index in [2.05, 4.69) is 12.0 Å². The molecule has 0 unspecified atom stereocenters. The Kier molecular flexibility index (Phi) is 3.88. The maximum Gasteiger partial charge on any atom is 0.335 e. The third kappa shape index (κ3) is 3.11. The van der Waals surface area contributed by atoms with Gasteiger partial charge in [-0.1, -0.05) is 6.58 Å². The fraction of sp³-hybridized carbons (Fsp3) is 0.182. The minimum absolute atomic E-state index is 0.454. The van der Waals surface area contributed by atoms with Gasteiger partial charge in [0.25, 0.3) is 0 Å². The first-order valence-corrected chi connectivity index (χ1v) is 4.53. The molecule has 0 amide bonds. The molecule has 0 aliphatic heterocycles. The molecule has 0 bridgehead atoms. The number of hydrogen-bond acceptors (Lipinski definition) is 4. The Morgan fingerprint density at radius 2 is 2.07 bits per heavy atom. The highest BCUT2D eigenvalue weighted by Crippen LogP contribution is 2.17. The van der Waals surface area contributed by atoms with Gasteiger partial charge in [-0.05, 0) is 24.3 Å². The summed E-state index contributed by atoms with van der Waals surface area (Å²) in [6, 6.07) is 7.15. The van der Waals surface area contributed by atoms with Crippen LogP contribution in [-0.4, -0.2) is 20.1 Å². The predicted molar refractivity (Wildman–Crippen MR) is 59.7 cm³/mol. The molecule has 0 atom stereocenters. The van der Waals surface area contributed by atoms with Crippen LogP contribution in [0, 0.1) is 0 Å². The van der Waals surface area contributed by atoms with Crippen LogP contribution in [0.1, 0.15) is 0 Å². The van der Waals surface area contributed by atoms with E-state index in [1.807, 2.05) is 31.2 Å². The first kappa shape index (κ1) is 11.3. The van der Waals surface area contributed by atoms with Crippen molar-refractivity contribution in [1.82, 2.24) is 5.43 Å². The zero-order valence-corrected chi connectivity index (χ0v) is 8.86. The maximum absolute atomic E-state index is 10.9. The molecule has 0 saturated heterocycles. The van der Waals surface area contributed by atoms with Crippen molar-refractivity contribution in [3.63, 3.8) is 0 Å². The van der Waals surface area contributed by atoms with Gasteiger partial charge in [-0.2, -0.15) is 0 Å². The molecule has 0 aromatic heterocycles. The molecule has 1 aromatic carbocycles. The van der Waals surface area contributed by atoms with E-state index >= 15 is 0 Å². The summed E-state index contributed by atoms with van der Waals surface area (Å²) in [7, 11) is 3.72. The molecule has 0 heterocycles. The Morgan fingerprint density at radius 3 is 2.53 bits per heavy atom. The van der Waals surface area contributed by atoms with Gasteiger partial charge in [0.15, 0.2) is 0 Å². The van der Waals surface area contributed by atoms with E-state index in [1.54, 1.807) is 12.1 Å². The van der Waals surface area contributed by atoms with Crippen molar-refractivity contribution < 1.29 is 9.53 Å². The summed E-state index contributed by atoms with van der Waals surface area (Å²) in [4.78, 5) is 10.9. The van der Waals surface area contributed by atoms with E-state index in [4.69, 9.17) is 4.74 Å². The number of esters is 1. The summed E-state index contributed by atoms with van der Waals surface area (Å²) in [5.41, 5.74) is 3.94. The molecule has 0 aliphatic carbocycles. The smallest absolute Gasteiger partial charge is 0.335 e. The van der Waals surface area contributed by atoms with Gasteiger partial charge >= 0.3 is 5.97 Å². The Hall–Kier alpha value is -1.81. The molecule has 1 N–H and O–H groups in total. The van der Waals surface area contributed by atoms with Crippen molar-refractivity contribution in [2.75, 3.05) is 19.1 Å². The second kappa shape index (κ2) is 5.17. The third-order valence-corrected chi connectivity index (χ3v) is 1.94. The van der Waals surface area contributed by atoms with Crippen molar-refractivity contribution in [1.29, 1.82) is 0 Å². The number of hydrazine groups is 1. The number of hydrogen-bond donors (Lipinski definition) is 1. The molecule has 0 radical (unpaired) electrons. The highest BCUT2D eigenvalue weighted by atomic mass is 16.5. The van der Waals surface area contributed by atoms with E-state index in [-0.39, 0.29) is 0 Å². The molecular formula is C11H14N2O2. The van der Waals surface area contributed by atoms with Crippen LogP contribution in [-0.2, 0) is 4.79 Å². The molecule has 0 saturated carbocycles. The SMILES string of the molecule is C=CC(=O)Oc1ccc(N(C)NC)cc1. The van der Waals surface area contributed by atoms with Crippen molar-refractivity contribution >= 4 is 11.7 Å². The number of anilines is 1. The van der Waals surface area contributed by atoms with Crippen molar-refractivity contribution in [3.8, 4) is 5.75 Å². The van der Waals surface area contributed by atoms with Crippen molar-refractivity contribution in [2.24, 2.45) is 0 Å². The van der Waals surface area contributed by atoms with Crippen LogP contribution in [0.25, 0.3) is 0 Å². The lowest BCUT2D eigenvalue weighted by Crippen LogP contribution is -2.30. The maximum atomic E-state index is 10.9. The summed E-state index contributed by atoms with van der Waals surface area (Å²) >= 11 is 0. The lowest BCUT2D eigenvalue weighted by Gasteiger charge is -2.17. The van der Waals surface area contributed by atoms with E-state index in [9.17, 15) is 4.79 Å². The lowest BCUT2D eigenvalue weighted by atomic mass is 10.3. The molecule has 1 aromatic rings. The molecule has 4 nitrogen and oxygen atoms in total. The van der Waals surface area contributed by atoms with Crippen molar-refractivity contribution in [3.05, 3.63) is 36.9 Å². The largest absolute Gasteiger partial charge is 0.423 e. The first-order chi connectivity index (χ1) is 7.17. The average Bonchev–Trinajstić information content (AvgIpc) is 2.29. The molecule has 0 fully saturated rings. The van der Waals surface area contributed by atoms with Crippen LogP contribution in [0.2, 0.25) is 0 Å². The molecule has 4 heteroatoms. The van der Waals surface area contributed by atoms with Gasteiger partial charge in [0.2, 0.25) is 0 Å². The molecule has 80 valence electrons. The van der Waals surface area contributed by atoms with Crippen molar-refractivity contribution in [2.45, 2.75) is 0 Å². The summed E-state index contributed by atoms with van der Waals surface area (Å²) in [6.07, 6.45) is 1.13. The topological polar surface area (TPSA) is 41.6 Å². The van der Waals surface area contributed by atoms with Gasteiger partial charge in [0.1, 0.15) is 5.75 Å². The molecule has 0 aliphatic rings. The van der Waals surface area contributed by atoms with E-state index in [0.717, 1.165) is 11.8 Å². The highest BCUT2D eigenvalue weighted by molar-refractivity contribution is 5.83. The third-order valence-electron chi connectivity index (χ3n) is 1.94. The Bertz CT molecular complexity index is 346. The minimum atomic E-state index is -0.454. The number of nitrogens with one attached hydrogen (secondary N) is 1. The Balaban J connectivity index is 2.72. The minimum Gasteiger partial charge on any atom is -0.423 e. The van der Waals surface area contributed by atoms with Crippen LogP contribution >= 0.6 is 0 Å². The van der Waals surface area contributed by atoms with Crippen LogP contribution in [0.5, 0.6) is 5.75 Å². The highest BCUT2D eigenvalue weighted by Gasteiger charge is 2.01. The number of rotatable bonds is 4. The Labute approximate surface area is 89.1 Å². The van der Waals surface area contributed by atoms with Gasteiger partial charge in [0, 0.05) is 20.2 Å². The molecule has 0 spiro atoms. The van der Waals surface area contributed by atoms with Crippen LogP contribution in [0.15, 0.2) is 36.9 Å². The van der Waals surface area contributed by atoms with Gasteiger partial charge in [-0.15, -0.1) is 0 Å². The van der Waals surface area contributed by atoms with Gasteiger partial charge < -0.3 is 9.75 Å². The summed E-state index contributed by atoms with van der Waals surface area (Å²) in [6.45, 7) is 3.32. The quantitative estimate of drug-likeness (QED) is 0.349. The molecule has 15 heavy (non-hydrogen) atoms. The average molecular weight is 206 g/mol. The summed E-state index contributed by atoms with van der Waals surface area (Å²) in [5, 5.41) is 1.85. The number of ether oxygens (including phenoxy) is 1. The van der Waals surface area contributed by atoms with Gasteiger partial charge in [-0.25, -0.2) is 10.2 Å². The van der Waals surface area contributed by atoms with Crippen LogP contribution in [0.3, 0.4) is 0 Å². The molecular weight excluding hydrogens is 192 g/mol. The number of carbonyl (C=O) groups is 1. The monoisotopic (exact) mass is 206 g/mol. The van der Waals surface area contributed by atoms with Gasteiger partial charge in [-0.3, -0.25) is 0 Å². The lowest BCUT2D eigenvalue weighted by molar-refractivity contribution is -0.128.